The van der Waals surface area contributed by atoms with Crippen molar-refractivity contribution in [3.05, 3.63) is 41.0 Å². The van der Waals surface area contributed by atoms with E-state index in [1.165, 1.54) is 0 Å². The number of carbonyl (C=O) groups is 1. The number of rotatable bonds is 6. The molecule has 2 aromatic rings. The summed E-state index contributed by atoms with van der Waals surface area (Å²) in [5, 5.41) is 13.4. The van der Waals surface area contributed by atoms with Crippen LogP contribution in [0.5, 0.6) is 0 Å². The van der Waals surface area contributed by atoms with Crippen molar-refractivity contribution < 1.29 is 14.4 Å². The van der Waals surface area contributed by atoms with Gasteiger partial charge in [-0.25, -0.2) is 0 Å². The van der Waals surface area contributed by atoms with Gasteiger partial charge in [0.2, 0.25) is 5.89 Å². The second kappa shape index (κ2) is 6.38. The molecule has 1 heterocycles. The monoisotopic (exact) mass is 295 g/mol. The van der Waals surface area contributed by atoms with Crippen molar-refractivity contribution in [1.29, 1.82) is 0 Å². The minimum atomic E-state index is -0.941. The second-order valence-corrected chi connectivity index (χ2v) is 4.62. The number of aromatic nitrogens is 2. The summed E-state index contributed by atoms with van der Waals surface area (Å²) in [6, 6.07) is 6.98. The third-order valence-electron chi connectivity index (χ3n) is 2.64. The molecule has 0 fully saturated rings. The molecular weight excluding hydrogens is 282 g/mol. The molecule has 0 aliphatic carbocycles. The van der Waals surface area contributed by atoms with Gasteiger partial charge in [-0.3, -0.25) is 4.79 Å². The third-order valence-corrected chi connectivity index (χ3v) is 2.88. The number of aliphatic carboxylic acids is 1. The van der Waals surface area contributed by atoms with Crippen molar-refractivity contribution in [3.8, 4) is 0 Å². The van der Waals surface area contributed by atoms with Crippen molar-refractivity contribution >= 4 is 23.3 Å². The molecule has 1 N–H and O–H groups in total. The molecule has 0 radical (unpaired) electrons. The van der Waals surface area contributed by atoms with Gasteiger partial charge in [0.1, 0.15) is 6.54 Å². The largest absolute Gasteiger partial charge is 0.480 e. The van der Waals surface area contributed by atoms with Gasteiger partial charge in [-0.2, -0.15) is 4.98 Å². The highest BCUT2D eigenvalue weighted by Gasteiger charge is 2.15. The molecule has 0 saturated heterocycles. The van der Waals surface area contributed by atoms with Gasteiger partial charge in [0.15, 0.2) is 5.82 Å². The first-order valence-electron chi connectivity index (χ1n) is 6.12. The van der Waals surface area contributed by atoms with Crippen molar-refractivity contribution in [2.45, 2.75) is 19.9 Å². The van der Waals surface area contributed by atoms with Gasteiger partial charge in [0, 0.05) is 17.1 Å². The van der Waals surface area contributed by atoms with Crippen molar-refractivity contribution in [2.24, 2.45) is 0 Å². The van der Waals surface area contributed by atoms with Crippen molar-refractivity contribution in [1.82, 2.24) is 10.1 Å². The van der Waals surface area contributed by atoms with Gasteiger partial charge in [-0.1, -0.05) is 29.7 Å². The summed E-state index contributed by atoms with van der Waals surface area (Å²) in [6.45, 7) is 1.98. The lowest BCUT2D eigenvalue weighted by atomic mass is 10.3. The molecule has 0 aliphatic heterocycles. The number of anilines is 1. The zero-order chi connectivity index (χ0) is 14.5. The van der Waals surface area contributed by atoms with E-state index in [1.54, 1.807) is 29.2 Å². The van der Waals surface area contributed by atoms with Crippen molar-refractivity contribution in [3.63, 3.8) is 0 Å². The summed E-state index contributed by atoms with van der Waals surface area (Å²) >= 11 is 5.93. The van der Waals surface area contributed by atoms with Crippen LogP contribution in [0.2, 0.25) is 5.02 Å². The Labute approximate surface area is 121 Å². The Morgan fingerprint density at radius 3 is 2.90 bits per heavy atom. The van der Waals surface area contributed by atoms with Crippen LogP contribution in [0.3, 0.4) is 0 Å². The lowest BCUT2D eigenvalue weighted by molar-refractivity contribution is -0.135. The molecular formula is C13H14ClN3O3. The van der Waals surface area contributed by atoms with Gasteiger partial charge in [0.25, 0.3) is 0 Å². The molecule has 2 rings (SSSR count). The van der Waals surface area contributed by atoms with E-state index < -0.39 is 5.97 Å². The maximum atomic E-state index is 11.0. The van der Waals surface area contributed by atoms with Gasteiger partial charge in [0.05, 0.1) is 6.54 Å². The lowest BCUT2D eigenvalue weighted by Crippen LogP contribution is -2.29. The SMILES string of the molecule is CCc1nc(CN(CC(=O)O)c2cccc(Cl)c2)no1. The molecule has 0 spiro atoms. The number of nitrogens with zero attached hydrogens (tertiary/aromatic N) is 3. The Kier molecular flexibility index (Phi) is 4.57. The maximum Gasteiger partial charge on any atom is 0.323 e. The molecule has 20 heavy (non-hydrogen) atoms. The molecule has 106 valence electrons. The fourth-order valence-electron chi connectivity index (χ4n) is 1.74. The van der Waals surface area contributed by atoms with E-state index in [2.05, 4.69) is 10.1 Å². The Morgan fingerprint density at radius 1 is 1.50 bits per heavy atom. The van der Waals surface area contributed by atoms with E-state index in [0.717, 1.165) is 0 Å². The van der Waals surface area contributed by atoms with E-state index in [0.29, 0.717) is 28.8 Å². The summed E-state index contributed by atoms with van der Waals surface area (Å²) in [5.41, 5.74) is 0.697. The predicted octanol–water partition coefficient (Wildman–Crippen LogP) is 2.38. The molecule has 0 unspecified atom stereocenters. The normalized spacial score (nSPS) is 10.5. The van der Waals surface area contributed by atoms with Gasteiger partial charge in [-0.05, 0) is 18.2 Å². The Balaban J connectivity index is 2.21. The van der Waals surface area contributed by atoms with Crippen LogP contribution in [0.4, 0.5) is 5.69 Å². The number of hydrogen-bond donors (Lipinski definition) is 1. The van der Waals surface area contributed by atoms with Crippen LogP contribution in [0.15, 0.2) is 28.8 Å². The minimum absolute atomic E-state index is 0.170. The average Bonchev–Trinajstić information content (AvgIpc) is 2.85. The molecule has 7 heteroatoms. The van der Waals surface area contributed by atoms with Crippen LogP contribution < -0.4 is 4.90 Å². The van der Waals surface area contributed by atoms with Crippen LogP contribution in [0.25, 0.3) is 0 Å². The van der Waals surface area contributed by atoms with Crippen LogP contribution in [0, 0.1) is 0 Å². The second-order valence-electron chi connectivity index (χ2n) is 4.19. The highest BCUT2D eigenvalue weighted by molar-refractivity contribution is 6.30. The molecule has 0 amide bonds. The van der Waals surface area contributed by atoms with Gasteiger partial charge >= 0.3 is 5.97 Å². The van der Waals surface area contributed by atoms with Crippen LogP contribution in [-0.2, 0) is 17.8 Å². The van der Waals surface area contributed by atoms with E-state index in [4.69, 9.17) is 21.2 Å². The lowest BCUT2D eigenvalue weighted by Gasteiger charge is -2.21. The summed E-state index contributed by atoms with van der Waals surface area (Å²) in [4.78, 5) is 16.8. The number of aryl methyl sites for hydroxylation is 1. The standard InChI is InChI=1S/C13H14ClN3O3/c1-2-12-15-11(16-20-12)7-17(8-13(18)19)10-5-3-4-9(14)6-10/h3-6H,2,7-8H2,1H3,(H,18,19). The zero-order valence-corrected chi connectivity index (χ0v) is 11.7. The predicted molar refractivity (Wildman–Crippen MR) is 73.8 cm³/mol. The van der Waals surface area contributed by atoms with E-state index in [1.807, 2.05) is 6.92 Å². The van der Waals surface area contributed by atoms with Crippen LogP contribution in [0.1, 0.15) is 18.6 Å². The Bertz CT molecular complexity index is 600. The highest BCUT2D eigenvalue weighted by atomic mass is 35.5. The summed E-state index contributed by atoms with van der Waals surface area (Å²) in [5.74, 6) is 0.0358. The van der Waals surface area contributed by atoms with Crippen LogP contribution in [-0.4, -0.2) is 27.8 Å². The van der Waals surface area contributed by atoms with Gasteiger partial charge in [-0.15, -0.1) is 0 Å². The number of carboxylic acid groups (broad SMARTS) is 1. The smallest absolute Gasteiger partial charge is 0.323 e. The summed E-state index contributed by atoms with van der Waals surface area (Å²) < 4.78 is 5.02. The minimum Gasteiger partial charge on any atom is -0.480 e. The fourth-order valence-corrected chi connectivity index (χ4v) is 1.93. The van der Waals surface area contributed by atoms with E-state index in [9.17, 15) is 4.79 Å². The molecule has 1 aromatic heterocycles. The highest BCUT2D eigenvalue weighted by Crippen LogP contribution is 2.20. The number of halogens is 1. The molecule has 0 atom stereocenters. The quantitative estimate of drug-likeness (QED) is 0.881. The number of carboxylic acids is 1. The zero-order valence-electron chi connectivity index (χ0n) is 10.9. The van der Waals surface area contributed by atoms with Crippen LogP contribution >= 0.6 is 11.6 Å². The first kappa shape index (κ1) is 14.3. The van der Waals surface area contributed by atoms with E-state index in [-0.39, 0.29) is 13.1 Å². The third kappa shape index (κ3) is 3.71. The molecule has 1 aromatic carbocycles. The summed E-state index contributed by atoms with van der Waals surface area (Å²) in [6.07, 6.45) is 0.642. The van der Waals surface area contributed by atoms with Crippen molar-refractivity contribution in [2.75, 3.05) is 11.4 Å². The first-order valence-corrected chi connectivity index (χ1v) is 6.50. The Morgan fingerprint density at radius 2 is 2.30 bits per heavy atom. The van der Waals surface area contributed by atoms with E-state index >= 15 is 0 Å². The summed E-state index contributed by atoms with van der Waals surface area (Å²) in [7, 11) is 0. The topological polar surface area (TPSA) is 79.5 Å². The molecule has 0 aliphatic rings. The fraction of sp³-hybridized carbons (Fsp3) is 0.308. The number of hydrogen-bond acceptors (Lipinski definition) is 5. The molecule has 0 bridgehead atoms. The first-order chi connectivity index (χ1) is 9.58. The average molecular weight is 296 g/mol. The molecule has 6 nitrogen and oxygen atoms in total. The number of benzene rings is 1. The van der Waals surface area contributed by atoms with Gasteiger partial charge < -0.3 is 14.5 Å². The Hall–Kier alpha value is -2.08. The molecule has 0 saturated carbocycles. The maximum absolute atomic E-state index is 11.0.